The van der Waals surface area contributed by atoms with Crippen molar-refractivity contribution in [1.82, 2.24) is 9.88 Å². The summed E-state index contributed by atoms with van der Waals surface area (Å²) in [5.74, 6) is 1.10. The topological polar surface area (TPSA) is 64.2 Å². The molecule has 3 atom stereocenters. The minimum absolute atomic E-state index is 0.0338. The summed E-state index contributed by atoms with van der Waals surface area (Å²) in [5.41, 5.74) is 1.87. The minimum Gasteiger partial charge on any atom is -0.464 e. The third kappa shape index (κ3) is 3.70. The van der Waals surface area contributed by atoms with Crippen molar-refractivity contribution in [3.8, 4) is 11.3 Å². The van der Waals surface area contributed by atoms with Gasteiger partial charge in [0.05, 0.1) is 11.8 Å². The zero-order valence-electron chi connectivity index (χ0n) is 20.8. The van der Waals surface area contributed by atoms with Crippen molar-refractivity contribution in [3.63, 3.8) is 0 Å². The highest BCUT2D eigenvalue weighted by molar-refractivity contribution is 5.98. The Morgan fingerprint density at radius 2 is 2.03 bits per heavy atom. The van der Waals surface area contributed by atoms with E-state index in [4.69, 9.17) is 4.42 Å². The molecule has 2 fully saturated rings. The fourth-order valence-corrected chi connectivity index (χ4v) is 6.74. The van der Waals surface area contributed by atoms with E-state index in [1.54, 1.807) is 12.5 Å². The van der Waals surface area contributed by atoms with E-state index in [9.17, 15) is 9.59 Å². The van der Waals surface area contributed by atoms with E-state index in [-0.39, 0.29) is 33.8 Å². The van der Waals surface area contributed by atoms with Gasteiger partial charge in [-0.15, -0.1) is 0 Å². The molecule has 3 aromatic rings. The van der Waals surface area contributed by atoms with Crippen molar-refractivity contribution in [2.45, 2.75) is 78.8 Å². The van der Waals surface area contributed by atoms with Crippen molar-refractivity contribution in [2.24, 2.45) is 16.7 Å². The van der Waals surface area contributed by atoms with Gasteiger partial charge in [0.1, 0.15) is 11.3 Å². The molecular weight excluding hydrogens is 424 g/mol. The second-order valence-electron chi connectivity index (χ2n) is 11.3. The molecule has 5 nitrogen and oxygen atoms in total. The number of nitrogens with one attached hydrogen (secondary N) is 1. The van der Waals surface area contributed by atoms with Gasteiger partial charge in [0.2, 0.25) is 5.43 Å². The zero-order valence-corrected chi connectivity index (χ0v) is 20.8. The van der Waals surface area contributed by atoms with Crippen molar-refractivity contribution >= 4 is 16.8 Å². The number of aryl methyl sites for hydroxylation is 1. The fraction of sp³-hybridized carbons (Fsp3) is 0.517. The van der Waals surface area contributed by atoms with Gasteiger partial charge in [0, 0.05) is 29.7 Å². The van der Waals surface area contributed by atoms with Gasteiger partial charge in [-0.25, -0.2) is 0 Å². The van der Waals surface area contributed by atoms with Crippen LogP contribution in [0.1, 0.15) is 76.6 Å². The molecule has 2 heterocycles. The lowest BCUT2D eigenvalue weighted by Gasteiger charge is -2.43. The number of furan rings is 1. The molecule has 5 rings (SSSR count). The molecule has 1 aromatic carbocycles. The quantitative estimate of drug-likeness (QED) is 0.415. The Labute approximate surface area is 201 Å². The molecule has 2 aromatic heterocycles. The lowest BCUT2D eigenvalue weighted by atomic mass is 9.68. The van der Waals surface area contributed by atoms with Crippen LogP contribution < -0.4 is 10.7 Å². The van der Waals surface area contributed by atoms with Gasteiger partial charge in [-0.05, 0) is 72.8 Å². The summed E-state index contributed by atoms with van der Waals surface area (Å²) in [6.07, 6.45) is 10.2. The summed E-state index contributed by atoms with van der Waals surface area (Å²) in [5, 5.41) is 3.89. The molecule has 0 aliphatic heterocycles. The number of hydrogen-bond donors (Lipinski definition) is 1. The van der Waals surface area contributed by atoms with E-state index in [0.29, 0.717) is 17.1 Å². The van der Waals surface area contributed by atoms with Crippen LogP contribution >= 0.6 is 0 Å². The third-order valence-corrected chi connectivity index (χ3v) is 8.68. The molecule has 0 saturated heterocycles. The molecule has 2 aliphatic rings. The van der Waals surface area contributed by atoms with Crippen LogP contribution in [-0.4, -0.2) is 16.5 Å². The molecule has 2 aliphatic carbocycles. The number of aromatic nitrogens is 1. The highest BCUT2D eigenvalue weighted by Crippen LogP contribution is 2.62. The largest absolute Gasteiger partial charge is 0.464 e. The Hall–Kier alpha value is -2.82. The average molecular weight is 461 g/mol. The number of fused-ring (bicyclic) bond motifs is 3. The van der Waals surface area contributed by atoms with E-state index in [0.717, 1.165) is 49.7 Å². The molecule has 0 radical (unpaired) electrons. The number of nitrogens with zero attached hydrogens (tertiary/aromatic N) is 1. The molecule has 5 heteroatoms. The van der Waals surface area contributed by atoms with Crippen LogP contribution in [0, 0.1) is 16.7 Å². The number of amides is 1. The highest BCUT2D eigenvalue weighted by atomic mass is 16.3. The first-order valence-corrected chi connectivity index (χ1v) is 12.8. The summed E-state index contributed by atoms with van der Waals surface area (Å²) in [6.45, 7) is 9.79. The van der Waals surface area contributed by atoms with Crippen LogP contribution in [0.2, 0.25) is 0 Å². The van der Waals surface area contributed by atoms with E-state index >= 15 is 0 Å². The molecule has 1 N–H and O–H groups in total. The van der Waals surface area contributed by atoms with Crippen molar-refractivity contribution < 1.29 is 9.21 Å². The molecular formula is C29H36N2O3. The van der Waals surface area contributed by atoms with Crippen LogP contribution in [0.4, 0.5) is 0 Å². The summed E-state index contributed by atoms with van der Waals surface area (Å²) >= 11 is 0. The maximum atomic E-state index is 13.6. The minimum atomic E-state index is -0.244. The predicted molar refractivity (Wildman–Crippen MR) is 136 cm³/mol. The first kappa shape index (κ1) is 22.9. The molecule has 1 amide bonds. The van der Waals surface area contributed by atoms with Gasteiger partial charge in [0.15, 0.2) is 0 Å². The standard InChI is InChI=1S/C29H36N2O3/c1-5-6-7-14-31-18-22(26(33)30-27-28(2,3)20-12-13-29(27,4)17-20)25(32)21-16-19(10-11-23(21)31)24-9-8-15-34-24/h8-11,15-16,18,20,27H,5-7,12-14,17H2,1-4H3,(H,30,33)/t20-,27?,29+/m1/s1. The molecule has 34 heavy (non-hydrogen) atoms. The first-order chi connectivity index (χ1) is 16.2. The van der Waals surface area contributed by atoms with Gasteiger partial charge < -0.3 is 14.3 Å². The second-order valence-corrected chi connectivity index (χ2v) is 11.3. The summed E-state index contributed by atoms with van der Waals surface area (Å²) in [6, 6.07) is 9.62. The Morgan fingerprint density at radius 3 is 2.71 bits per heavy atom. The van der Waals surface area contributed by atoms with Crippen molar-refractivity contribution in [2.75, 3.05) is 0 Å². The molecule has 0 spiro atoms. The lowest BCUT2D eigenvalue weighted by molar-refractivity contribution is 0.0736. The zero-order chi connectivity index (χ0) is 24.1. The predicted octanol–water partition coefficient (Wildman–Crippen LogP) is 6.40. The average Bonchev–Trinajstić information content (AvgIpc) is 3.52. The first-order valence-electron chi connectivity index (χ1n) is 12.8. The molecule has 2 bridgehead atoms. The van der Waals surface area contributed by atoms with Gasteiger partial charge >= 0.3 is 0 Å². The Morgan fingerprint density at radius 1 is 1.21 bits per heavy atom. The fourth-order valence-electron chi connectivity index (χ4n) is 6.74. The maximum absolute atomic E-state index is 13.6. The van der Waals surface area contributed by atoms with E-state index in [1.807, 2.05) is 30.3 Å². The molecule has 180 valence electrons. The van der Waals surface area contributed by atoms with Crippen LogP contribution in [0.5, 0.6) is 0 Å². The van der Waals surface area contributed by atoms with E-state index in [2.05, 4.69) is 37.6 Å². The third-order valence-electron chi connectivity index (χ3n) is 8.68. The SMILES string of the molecule is CCCCCn1cc(C(=O)NC2C(C)(C)[C@@H]3CC[C@@]2(C)C3)c(=O)c2cc(-c3ccco3)ccc21. The van der Waals surface area contributed by atoms with E-state index in [1.165, 1.54) is 6.42 Å². The van der Waals surface area contributed by atoms with Gasteiger partial charge in [-0.2, -0.15) is 0 Å². The van der Waals surface area contributed by atoms with Crippen molar-refractivity contribution in [1.29, 1.82) is 0 Å². The number of rotatable bonds is 7. The smallest absolute Gasteiger partial charge is 0.257 e. The number of carbonyl (C=O) groups excluding carboxylic acids is 1. The van der Waals surface area contributed by atoms with Gasteiger partial charge in [0.25, 0.3) is 5.91 Å². The normalized spacial score (nSPS) is 25.2. The summed E-state index contributed by atoms with van der Waals surface area (Å²) < 4.78 is 7.64. The Bertz CT molecular complexity index is 1270. The Kier molecular flexibility index (Phi) is 5.70. The number of pyridine rings is 1. The molecule has 2 saturated carbocycles. The molecule has 1 unspecified atom stereocenters. The van der Waals surface area contributed by atoms with Crippen LogP contribution in [0.15, 0.2) is 52.0 Å². The van der Waals surface area contributed by atoms with E-state index < -0.39 is 0 Å². The lowest BCUT2D eigenvalue weighted by Crippen LogP contribution is -2.53. The number of benzene rings is 1. The maximum Gasteiger partial charge on any atom is 0.257 e. The van der Waals surface area contributed by atoms with Crippen molar-refractivity contribution in [3.05, 3.63) is 58.6 Å². The number of unbranched alkanes of at least 4 members (excludes halogenated alkanes) is 2. The van der Waals surface area contributed by atoms with Gasteiger partial charge in [-0.3, -0.25) is 9.59 Å². The van der Waals surface area contributed by atoms with Crippen LogP contribution in [0.3, 0.4) is 0 Å². The van der Waals surface area contributed by atoms with Gasteiger partial charge in [-0.1, -0.05) is 40.5 Å². The highest BCUT2D eigenvalue weighted by Gasteiger charge is 2.59. The monoisotopic (exact) mass is 460 g/mol. The van der Waals surface area contributed by atoms with Crippen LogP contribution in [0.25, 0.3) is 22.2 Å². The second kappa shape index (κ2) is 8.44. The Balaban J connectivity index is 1.56. The summed E-state index contributed by atoms with van der Waals surface area (Å²) in [4.78, 5) is 27.3. The number of hydrogen-bond acceptors (Lipinski definition) is 3. The number of carbonyl (C=O) groups is 1. The summed E-state index contributed by atoms with van der Waals surface area (Å²) in [7, 11) is 0. The van der Waals surface area contributed by atoms with Crippen LogP contribution in [-0.2, 0) is 6.54 Å².